The fourth-order valence-corrected chi connectivity index (χ4v) is 0.717. The summed E-state index contributed by atoms with van der Waals surface area (Å²) >= 11 is 0. The molecule has 13 heavy (non-hydrogen) atoms. The Bertz CT molecular complexity index is 284. The van der Waals surface area contributed by atoms with E-state index in [1.807, 2.05) is 0 Å². The third-order valence-electron chi connectivity index (χ3n) is 1.19. The molecule has 6 heteroatoms. The van der Waals surface area contributed by atoms with Gasteiger partial charge in [-0.15, -0.1) is 0 Å². The Balaban J connectivity index is 2.62. The molecule has 0 aliphatic rings. The Kier molecular flexibility index (Phi) is 3.39. The first kappa shape index (κ1) is 9.66. The van der Waals surface area contributed by atoms with Gasteiger partial charge in [0.15, 0.2) is 5.82 Å². The second-order valence-electron chi connectivity index (χ2n) is 2.17. The van der Waals surface area contributed by atoms with E-state index in [-0.39, 0.29) is 19.1 Å². The summed E-state index contributed by atoms with van der Waals surface area (Å²) in [6.45, 7) is 2.19. The van der Waals surface area contributed by atoms with E-state index >= 15 is 0 Å². The molecule has 1 rings (SSSR count). The van der Waals surface area contributed by atoms with E-state index in [9.17, 15) is 4.79 Å². The van der Waals surface area contributed by atoms with Crippen LogP contribution in [0.1, 0.15) is 23.4 Å². The fourth-order valence-electron chi connectivity index (χ4n) is 0.717. The molecule has 0 unspecified atom stereocenters. The van der Waals surface area contributed by atoms with E-state index < -0.39 is 5.97 Å². The largest absolute Gasteiger partial charge is 0.459 e. The van der Waals surface area contributed by atoms with Crippen LogP contribution >= 0.6 is 0 Å². The van der Waals surface area contributed by atoms with Crippen LogP contribution in [-0.2, 0) is 16.1 Å². The van der Waals surface area contributed by atoms with Crippen molar-refractivity contribution in [2.75, 3.05) is 13.7 Å². The normalized spacial score (nSPS) is 10.0. The van der Waals surface area contributed by atoms with Crippen LogP contribution in [0.15, 0.2) is 4.52 Å². The Morgan fingerprint density at radius 2 is 2.38 bits per heavy atom. The van der Waals surface area contributed by atoms with Crippen molar-refractivity contribution in [1.82, 2.24) is 10.1 Å². The van der Waals surface area contributed by atoms with Gasteiger partial charge in [-0.05, 0) is 6.92 Å². The van der Waals surface area contributed by atoms with Crippen LogP contribution in [0.4, 0.5) is 0 Å². The van der Waals surface area contributed by atoms with Crippen molar-refractivity contribution in [3.8, 4) is 0 Å². The van der Waals surface area contributed by atoms with Crippen LogP contribution in [-0.4, -0.2) is 29.8 Å². The van der Waals surface area contributed by atoms with Gasteiger partial charge >= 0.3 is 11.9 Å². The monoisotopic (exact) mass is 186 g/mol. The highest BCUT2D eigenvalue weighted by atomic mass is 16.6. The van der Waals surface area contributed by atoms with Gasteiger partial charge in [0.2, 0.25) is 0 Å². The van der Waals surface area contributed by atoms with Gasteiger partial charge in [0, 0.05) is 7.11 Å². The summed E-state index contributed by atoms with van der Waals surface area (Å²) in [6, 6.07) is 0. The van der Waals surface area contributed by atoms with Gasteiger partial charge in [-0.3, -0.25) is 0 Å². The second-order valence-corrected chi connectivity index (χ2v) is 2.17. The SMILES string of the molecule is CCOC(=O)c1nc(COC)no1. The molecule has 0 aliphatic carbocycles. The first-order chi connectivity index (χ1) is 6.27. The number of methoxy groups -OCH3 is 1. The van der Waals surface area contributed by atoms with Crippen molar-refractivity contribution in [1.29, 1.82) is 0 Å². The molecule has 0 bridgehead atoms. The lowest BCUT2D eigenvalue weighted by Crippen LogP contribution is -2.05. The number of esters is 1. The number of aromatic nitrogens is 2. The maximum absolute atomic E-state index is 11.0. The number of nitrogens with zero attached hydrogens (tertiary/aromatic N) is 2. The van der Waals surface area contributed by atoms with Crippen LogP contribution in [0, 0.1) is 0 Å². The standard InChI is InChI=1S/C7H10N2O4/c1-3-12-7(10)6-8-5(4-11-2)9-13-6/h3-4H2,1-2H3. The summed E-state index contributed by atoms with van der Waals surface area (Å²) in [4.78, 5) is 14.7. The van der Waals surface area contributed by atoms with E-state index in [1.165, 1.54) is 7.11 Å². The van der Waals surface area contributed by atoms with Gasteiger partial charge in [-0.1, -0.05) is 5.16 Å². The molecule has 0 amide bonds. The number of rotatable bonds is 4. The molecule has 0 spiro atoms. The summed E-state index contributed by atoms with van der Waals surface area (Å²) in [7, 11) is 1.50. The highest BCUT2D eigenvalue weighted by molar-refractivity contribution is 5.83. The average molecular weight is 186 g/mol. The number of hydrogen-bond donors (Lipinski definition) is 0. The zero-order valence-electron chi connectivity index (χ0n) is 7.44. The molecule has 0 saturated heterocycles. The van der Waals surface area contributed by atoms with Gasteiger partial charge in [-0.2, -0.15) is 4.98 Å². The highest BCUT2D eigenvalue weighted by Crippen LogP contribution is 2.00. The summed E-state index contributed by atoms with van der Waals surface area (Å²) in [5.41, 5.74) is 0. The summed E-state index contributed by atoms with van der Waals surface area (Å²) in [5.74, 6) is -0.434. The van der Waals surface area contributed by atoms with Crippen molar-refractivity contribution in [3.63, 3.8) is 0 Å². The molecule has 0 fully saturated rings. The van der Waals surface area contributed by atoms with Crippen LogP contribution in [0.25, 0.3) is 0 Å². The quantitative estimate of drug-likeness (QED) is 0.633. The summed E-state index contributed by atoms with van der Waals surface area (Å²) in [5, 5.41) is 3.50. The minimum absolute atomic E-state index is 0.145. The zero-order valence-corrected chi connectivity index (χ0v) is 7.44. The fraction of sp³-hybridized carbons (Fsp3) is 0.571. The van der Waals surface area contributed by atoms with Crippen molar-refractivity contribution < 1.29 is 18.8 Å². The molecule has 0 atom stereocenters. The van der Waals surface area contributed by atoms with E-state index in [0.717, 1.165) is 0 Å². The molecule has 0 aliphatic heterocycles. The Labute approximate surface area is 74.8 Å². The lowest BCUT2D eigenvalue weighted by Gasteiger charge is -1.93. The third-order valence-corrected chi connectivity index (χ3v) is 1.19. The molecule has 0 N–H and O–H groups in total. The minimum atomic E-state index is -0.614. The molecular formula is C7H10N2O4. The smallest absolute Gasteiger partial charge is 0.397 e. The molecule has 1 heterocycles. The van der Waals surface area contributed by atoms with Gasteiger partial charge in [0.05, 0.1) is 6.61 Å². The predicted molar refractivity (Wildman–Crippen MR) is 41.0 cm³/mol. The number of carbonyl (C=O) groups is 1. The van der Waals surface area contributed by atoms with Gasteiger partial charge in [0.1, 0.15) is 6.61 Å². The molecule has 6 nitrogen and oxygen atoms in total. The van der Waals surface area contributed by atoms with Crippen molar-refractivity contribution in [2.45, 2.75) is 13.5 Å². The molecule has 0 radical (unpaired) electrons. The van der Waals surface area contributed by atoms with Gasteiger partial charge in [0.25, 0.3) is 0 Å². The summed E-state index contributed by atoms with van der Waals surface area (Å²) in [6.07, 6.45) is 0. The topological polar surface area (TPSA) is 74.5 Å². The zero-order chi connectivity index (χ0) is 9.68. The first-order valence-corrected chi connectivity index (χ1v) is 3.76. The van der Waals surface area contributed by atoms with Crippen molar-refractivity contribution in [2.24, 2.45) is 0 Å². The molecule has 1 aromatic heterocycles. The molecule has 1 aromatic rings. The lowest BCUT2D eigenvalue weighted by molar-refractivity contribution is 0.0470. The van der Waals surface area contributed by atoms with Crippen LogP contribution in [0.2, 0.25) is 0 Å². The average Bonchev–Trinajstić information content (AvgIpc) is 2.54. The molecule has 0 saturated carbocycles. The maximum atomic E-state index is 11.0. The lowest BCUT2D eigenvalue weighted by atomic mass is 10.6. The Morgan fingerprint density at radius 3 is 3.00 bits per heavy atom. The molecular weight excluding hydrogens is 176 g/mol. The van der Waals surface area contributed by atoms with Crippen molar-refractivity contribution >= 4 is 5.97 Å². The Morgan fingerprint density at radius 1 is 1.62 bits per heavy atom. The van der Waals surface area contributed by atoms with Crippen LogP contribution in [0.5, 0.6) is 0 Å². The van der Waals surface area contributed by atoms with E-state index in [1.54, 1.807) is 6.92 Å². The highest BCUT2D eigenvalue weighted by Gasteiger charge is 2.15. The summed E-state index contributed by atoms with van der Waals surface area (Å²) < 4.78 is 14.0. The third kappa shape index (κ3) is 2.51. The van der Waals surface area contributed by atoms with Crippen LogP contribution < -0.4 is 0 Å². The number of ether oxygens (including phenoxy) is 2. The number of hydrogen-bond acceptors (Lipinski definition) is 6. The molecule has 72 valence electrons. The van der Waals surface area contributed by atoms with E-state index in [4.69, 9.17) is 4.74 Å². The minimum Gasteiger partial charge on any atom is -0.459 e. The van der Waals surface area contributed by atoms with Gasteiger partial charge in [-0.25, -0.2) is 4.79 Å². The van der Waals surface area contributed by atoms with E-state index in [0.29, 0.717) is 5.82 Å². The second kappa shape index (κ2) is 4.56. The Hall–Kier alpha value is -1.43. The van der Waals surface area contributed by atoms with Crippen molar-refractivity contribution in [3.05, 3.63) is 11.7 Å². The van der Waals surface area contributed by atoms with Gasteiger partial charge < -0.3 is 14.0 Å². The maximum Gasteiger partial charge on any atom is 0.397 e. The first-order valence-electron chi connectivity index (χ1n) is 3.76. The number of carbonyl (C=O) groups excluding carboxylic acids is 1. The predicted octanol–water partition coefficient (Wildman–Crippen LogP) is 0.393. The molecule has 0 aromatic carbocycles. The van der Waals surface area contributed by atoms with E-state index in [2.05, 4.69) is 19.4 Å². The van der Waals surface area contributed by atoms with Crippen LogP contribution in [0.3, 0.4) is 0 Å².